The van der Waals surface area contributed by atoms with E-state index in [1.165, 1.54) is 25.7 Å². The van der Waals surface area contributed by atoms with Gasteiger partial charge in [0.25, 0.3) is 0 Å². The normalized spacial score (nSPS) is 19.1. The van der Waals surface area contributed by atoms with Gasteiger partial charge in [0.15, 0.2) is 0 Å². The summed E-state index contributed by atoms with van der Waals surface area (Å²) in [6, 6.07) is 8.61. The highest BCUT2D eigenvalue weighted by atomic mass is 14.9. The van der Waals surface area contributed by atoms with E-state index in [4.69, 9.17) is 5.73 Å². The Hall–Kier alpha value is -1.77. The lowest BCUT2D eigenvalue weighted by molar-refractivity contribution is 0.232. The van der Waals surface area contributed by atoms with Gasteiger partial charge in [-0.25, -0.2) is 0 Å². The third-order valence-corrected chi connectivity index (χ3v) is 4.50. The van der Waals surface area contributed by atoms with Gasteiger partial charge in [-0.2, -0.15) is 0 Å². The molecule has 0 atom stereocenters. The molecule has 0 amide bonds. The van der Waals surface area contributed by atoms with Crippen molar-refractivity contribution in [2.24, 2.45) is 5.41 Å². The molecule has 1 aliphatic rings. The molecule has 3 nitrogen and oxygen atoms in total. The number of fused-ring (bicyclic) bond motifs is 1. The number of nitrogens with zero attached hydrogens (tertiary/aromatic N) is 1. The molecule has 2 aromatic rings. The zero-order chi connectivity index (χ0) is 14.2. The number of benzene rings is 1. The summed E-state index contributed by atoms with van der Waals surface area (Å²) in [4.78, 5) is 4.39. The second-order valence-corrected chi connectivity index (χ2v) is 6.68. The van der Waals surface area contributed by atoms with Crippen LogP contribution in [0.1, 0.15) is 39.5 Å². The number of hydrogen-bond donors (Lipinski definition) is 2. The predicted molar refractivity (Wildman–Crippen MR) is 85.8 cm³/mol. The Morgan fingerprint density at radius 3 is 2.70 bits per heavy atom. The highest BCUT2D eigenvalue weighted by Crippen LogP contribution is 2.37. The first kappa shape index (κ1) is 13.2. The monoisotopic (exact) mass is 269 g/mol. The minimum absolute atomic E-state index is 0.503. The van der Waals surface area contributed by atoms with E-state index < -0.39 is 0 Å². The smallest absolute Gasteiger partial charge is 0.0951 e. The van der Waals surface area contributed by atoms with Gasteiger partial charge in [0.2, 0.25) is 0 Å². The highest BCUT2D eigenvalue weighted by Gasteiger charge is 2.26. The molecule has 0 unspecified atom stereocenters. The topological polar surface area (TPSA) is 50.9 Å². The van der Waals surface area contributed by atoms with Crippen molar-refractivity contribution in [3.8, 4) is 0 Å². The molecule has 1 aliphatic carbocycles. The quantitative estimate of drug-likeness (QED) is 0.803. The Morgan fingerprint density at radius 2 is 1.95 bits per heavy atom. The van der Waals surface area contributed by atoms with Crippen molar-refractivity contribution in [1.29, 1.82) is 0 Å². The standard InChI is InChI=1S/C17H23N3/c1-17(2)9-6-12(7-10-17)20-15-8-11-19-16-13(15)4-3-5-14(16)18/h3-5,8,11-12H,6-7,9-10,18H2,1-2H3,(H,19,20). The number of para-hydroxylation sites is 1. The van der Waals surface area contributed by atoms with Gasteiger partial charge in [0, 0.05) is 23.3 Å². The van der Waals surface area contributed by atoms with Crippen LogP contribution in [0, 0.1) is 5.41 Å². The van der Waals surface area contributed by atoms with E-state index in [2.05, 4.69) is 36.3 Å². The summed E-state index contributed by atoms with van der Waals surface area (Å²) in [6.07, 6.45) is 6.89. The lowest BCUT2D eigenvalue weighted by atomic mass is 9.75. The summed E-state index contributed by atoms with van der Waals surface area (Å²) in [5, 5.41) is 4.82. The van der Waals surface area contributed by atoms with Gasteiger partial charge in [0.1, 0.15) is 0 Å². The SMILES string of the molecule is CC1(C)CCC(Nc2ccnc3c(N)cccc23)CC1. The Balaban J connectivity index is 1.83. The van der Waals surface area contributed by atoms with Crippen LogP contribution in [0.15, 0.2) is 30.5 Å². The number of rotatable bonds is 2. The van der Waals surface area contributed by atoms with Gasteiger partial charge in [0.05, 0.1) is 11.2 Å². The van der Waals surface area contributed by atoms with Crippen molar-refractivity contribution >= 4 is 22.3 Å². The van der Waals surface area contributed by atoms with Crippen LogP contribution in [0.4, 0.5) is 11.4 Å². The van der Waals surface area contributed by atoms with Crippen LogP contribution in [0.5, 0.6) is 0 Å². The maximum atomic E-state index is 6.00. The lowest BCUT2D eigenvalue weighted by Gasteiger charge is -2.35. The van der Waals surface area contributed by atoms with Crippen molar-refractivity contribution < 1.29 is 0 Å². The number of hydrogen-bond acceptors (Lipinski definition) is 3. The number of pyridine rings is 1. The second kappa shape index (κ2) is 4.97. The molecule has 1 aromatic carbocycles. The average molecular weight is 269 g/mol. The van der Waals surface area contributed by atoms with Crippen molar-refractivity contribution in [1.82, 2.24) is 4.98 Å². The van der Waals surface area contributed by atoms with Crippen LogP contribution in [0.3, 0.4) is 0 Å². The summed E-state index contributed by atoms with van der Waals surface area (Å²) in [7, 11) is 0. The summed E-state index contributed by atoms with van der Waals surface area (Å²) in [5.74, 6) is 0. The minimum Gasteiger partial charge on any atom is -0.397 e. The van der Waals surface area contributed by atoms with E-state index in [9.17, 15) is 0 Å². The molecule has 1 fully saturated rings. The highest BCUT2D eigenvalue weighted by molar-refractivity contribution is 5.97. The molecule has 0 aliphatic heterocycles. The zero-order valence-corrected chi connectivity index (χ0v) is 12.3. The first-order valence-electron chi connectivity index (χ1n) is 7.45. The fraction of sp³-hybridized carbons (Fsp3) is 0.471. The van der Waals surface area contributed by atoms with Gasteiger partial charge >= 0.3 is 0 Å². The summed E-state index contributed by atoms with van der Waals surface area (Å²) >= 11 is 0. The van der Waals surface area contributed by atoms with Crippen molar-refractivity contribution in [2.45, 2.75) is 45.6 Å². The van der Waals surface area contributed by atoms with Crippen LogP contribution < -0.4 is 11.1 Å². The van der Waals surface area contributed by atoms with Crippen molar-refractivity contribution in [3.05, 3.63) is 30.5 Å². The van der Waals surface area contributed by atoms with Crippen LogP contribution in [-0.4, -0.2) is 11.0 Å². The first-order valence-corrected chi connectivity index (χ1v) is 7.45. The van der Waals surface area contributed by atoms with Gasteiger partial charge < -0.3 is 11.1 Å². The van der Waals surface area contributed by atoms with E-state index in [0.717, 1.165) is 22.3 Å². The van der Waals surface area contributed by atoms with E-state index in [-0.39, 0.29) is 0 Å². The molecule has 3 rings (SSSR count). The Labute approximate surface area is 120 Å². The zero-order valence-electron chi connectivity index (χ0n) is 12.3. The maximum absolute atomic E-state index is 6.00. The summed E-state index contributed by atoms with van der Waals surface area (Å²) < 4.78 is 0. The molecule has 1 saturated carbocycles. The van der Waals surface area contributed by atoms with Crippen molar-refractivity contribution in [3.63, 3.8) is 0 Å². The van der Waals surface area contributed by atoms with Gasteiger partial charge in [-0.1, -0.05) is 26.0 Å². The van der Waals surface area contributed by atoms with Gasteiger partial charge in [-0.05, 0) is 43.2 Å². The third kappa shape index (κ3) is 2.58. The van der Waals surface area contributed by atoms with E-state index >= 15 is 0 Å². The molecule has 1 heterocycles. The summed E-state index contributed by atoms with van der Waals surface area (Å²) in [5.41, 5.74) is 9.31. The molecule has 0 spiro atoms. The van der Waals surface area contributed by atoms with E-state index in [1.807, 2.05) is 18.3 Å². The molecule has 3 heteroatoms. The minimum atomic E-state index is 0.503. The fourth-order valence-corrected chi connectivity index (χ4v) is 3.09. The average Bonchev–Trinajstić information content (AvgIpc) is 2.42. The fourth-order valence-electron chi connectivity index (χ4n) is 3.09. The van der Waals surface area contributed by atoms with E-state index in [0.29, 0.717) is 11.5 Å². The first-order chi connectivity index (χ1) is 9.55. The Morgan fingerprint density at radius 1 is 1.20 bits per heavy atom. The van der Waals surface area contributed by atoms with Crippen LogP contribution in [-0.2, 0) is 0 Å². The molecule has 1 aromatic heterocycles. The van der Waals surface area contributed by atoms with Crippen LogP contribution in [0.2, 0.25) is 0 Å². The second-order valence-electron chi connectivity index (χ2n) is 6.68. The molecule has 20 heavy (non-hydrogen) atoms. The lowest BCUT2D eigenvalue weighted by Crippen LogP contribution is -2.29. The van der Waals surface area contributed by atoms with Gasteiger partial charge in [-0.3, -0.25) is 4.98 Å². The number of anilines is 2. The third-order valence-electron chi connectivity index (χ3n) is 4.50. The van der Waals surface area contributed by atoms with Crippen LogP contribution in [0.25, 0.3) is 10.9 Å². The Kier molecular flexibility index (Phi) is 3.28. The summed E-state index contributed by atoms with van der Waals surface area (Å²) in [6.45, 7) is 4.73. The number of nitrogen functional groups attached to an aromatic ring is 1. The van der Waals surface area contributed by atoms with Gasteiger partial charge in [-0.15, -0.1) is 0 Å². The predicted octanol–water partition coefficient (Wildman–Crippen LogP) is 4.20. The Bertz CT molecular complexity index is 609. The van der Waals surface area contributed by atoms with E-state index in [1.54, 1.807) is 0 Å². The number of aromatic nitrogens is 1. The molecular weight excluding hydrogens is 246 g/mol. The molecule has 0 saturated heterocycles. The number of nitrogens with two attached hydrogens (primary N) is 1. The molecular formula is C17H23N3. The van der Waals surface area contributed by atoms with Crippen molar-refractivity contribution in [2.75, 3.05) is 11.1 Å². The number of nitrogens with one attached hydrogen (secondary N) is 1. The maximum Gasteiger partial charge on any atom is 0.0951 e. The molecule has 0 radical (unpaired) electrons. The largest absolute Gasteiger partial charge is 0.397 e. The van der Waals surface area contributed by atoms with Crippen LogP contribution >= 0.6 is 0 Å². The molecule has 3 N–H and O–H groups in total. The molecule has 106 valence electrons. The molecule has 0 bridgehead atoms.